The van der Waals surface area contributed by atoms with Crippen molar-refractivity contribution < 1.29 is 9.18 Å². The quantitative estimate of drug-likeness (QED) is 0.922. The normalized spacial score (nSPS) is 14.0. The third kappa shape index (κ3) is 2.61. The zero-order valence-corrected chi connectivity index (χ0v) is 13.5. The van der Waals surface area contributed by atoms with Crippen molar-refractivity contribution in [1.29, 1.82) is 0 Å². The maximum absolute atomic E-state index is 14.2. The number of nitrogens with one attached hydrogen (secondary N) is 1. The fraction of sp³-hybridized carbons (Fsp3) is 0.333. The Bertz CT molecular complexity index is 868. The summed E-state index contributed by atoms with van der Waals surface area (Å²) in [5.74, 6) is -0.354. The number of aryl methyl sites for hydroxylation is 1. The van der Waals surface area contributed by atoms with E-state index in [0.717, 1.165) is 5.56 Å². The number of rotatable bonds is 2. The predicted molar refractivity (Wildman–Crippen MR) is 86.4 cm³/mol. The van der Waals surface area contributed by atoms with Crippen molar-refractivity contribution in [3.05, 3.63) is 67.9 Å². The van der Waals surface area contributed by atoms with Crippen LogP contribution >= 0.6 is 0 Å². The van der Waals surface area contributed by atoms with Crippen LogP contribution < -0.4 is 10.9 Å². The minimum absolute atomic E-state index is 0.0486. The van der Waals surface area contributed by atoms with Crippen LogP contribution in [-0.2, 0) is 20.0 Å². The van der Waals surface area contributed by atoms with Crippen LogP contribution in [0.2, 0.25) is 0 Å². The van der Waals surface area contributed by atoms with Gasteiger partial charge in [0.15, 0.2) is 5.78 Å². The molecule has 5 heteroatoms. The number of ketones is 1. The Kier molecular flexibility index (Phi) is 3.90. The summed E-state index contributed by atoms with van der Waals surface area (Å²) in [6, 6.07) is 5.03. The van der Waals surface area contributed by atoms with Crippen LogP contribution in [0, 0.1) is 19.7 Å². The number of carbonyl (C=O) groups excluding carboxylic acids is 1. The third-order valence-corrected chi connectivity index (χ3v) is 4.51. The first-order valence-corrected chi connectivity index (χ1v) is 7.60. The van der Waals surface area contributed by atoms with Gasteiger partial charge in [0.05, 0.1) is 6.54 Å². The van der Waals surface area contributed by atoms with Crippen LogP contribution in [-0.4, -0.2) is 16.9 Å². The van der Waals surface area contributed by atoms with Gasteiger partial charge in [0.2, 0.25) is 0 Å². The van der Waals surface area contributed by atoms with E-state index in [1.165, 1.54) is 10.6 Å². The maximum atomic E-state index is 14.2. The van der Waals surface area contributed by atoms with E-state index in [-0.39, 0.29) is 30.1 Å². The lowest BCUT2D eigenvalue weighted by atomic mass is 9.90. The van der Waals surface area contributed by atoms with Crippen molar-refractivity contribution in [3.63, 3.8) is 0 Å². The van der Waals surface area contributed by atoms with E-state index >= 15 is 0 Å². The fourth-order valence-corrected chi connectivity index (χ4v) is 3.16. The second kappa shape index (κ2) is 5.74. The molecular weight excluding hydrogens is 295 g/mol. The molecule has 0 radical (unpaired) electrons. The standard InChI is InChI=1S/C18H19FN2O2/c1-10-4-5-12(14(19)6-10)7-13-11(2)18(23)21(3)15-8-20-9-16(22)17(13)15/h4-6,20H,7-9H2,1-3H3. The largest absolute Gasteiger partial charge is 0.313 e. The molecule has 0 fully saturated rings. The molecule has 1 aromatic carbocycles. The molecule has 0 aliphatic carbocycles. The predicted octanol–water partition coefficient (Wildman–Crippen LogP) is 2.02. The Labute approximate surface area is 134 Å². The van der Waals surface area contributed by atoms with Crippen molar-refractivity contribution >= 4 is 5.78 Å². The molecule has 0 bridgehead atoms. The molecule has 23 heavy (non-hydrogen) atoms. The highest BCUT2D eigenvalue weighted by atomic mass is 19.1. The summed E-state index contributed by atoms with van der Waals surface area (Å²) in [5, 5.41) is 3.00. The van der Waals surface area contributed by atoms with Gasteiger partial charge in [0.1, 0.15) is 5.82 Å². The van der Waals surface area contributed by atoms with E-state index in [4.69, 9.17) is 0 Å². The van der Waals surface area contributed by atoms with Gasteiger partial charge >= 0.3 is 0 Å². The maximum Gasteiger partial charge on any atom is 0.253 e. The molecule has 120 valence electrons. The molecule has 2 heterocycles. The first-order valence-electron chi connectivity index (χ1n) is 7.60. The van der Waals surface area contributed by atoms with Crippen LogP contribution in [0.15, 0.2) is 23.0 Å². The Balaban J connectivity index is 2.21. The summed E-state index contributed by atoms with van der Waals surface area (Å²) in [5.41, 5.74) is 3.62. The zero-order valence-electron chi connectivity index (χ0n) is 13.5. The molecule has 0 unspecified atom stereocenters. The van der Waals surface area contributed by atoms with Gasteiger partial charge in [-0.15, -0.1) is 0 Å². The van der Waals surface area contributed by atoms with E-state index in [9.17, 15) is 14.0 Å². The van der Waals surface area contributed by atoms with E-state index in [1.807, 2.05) is 13.0 Å². The van der Waals surface area contributed by atoms with Crippen LogP contribution in [0.4, 0.5) is 4.39 Å². The van der Waals surface area contributed by atoms with Crippen molar-refractivity contribution in [3.8, 4) is 0 Å². The van der Waals surface area contributed by atoms with Gasteiger partial charge < -0.3 is 9.88 Å². The van der Waals surface area contributed by atoms with Crippen molar-refractivity contribution in [2.45, 2.75) is 26.8 Å². The molecule has 0 saturated heterocycles. The lowest BCUT2D eigenvalue weighted by Crippen LogP contribution is -2.38. The molecule has 0 saturated carbocycles. The number of hydrogen-bond acceptors (Lipinski definition) is 3. The lowest BCUT2D eigenvalue weighted by Gasteiger charge is -2.23. The highest BCUT2D eigenvalue weighted by Gasteiger charge is 2.26. The molecular formula is C18H19FN2O2. The molecule has 3 rings (SSSR count). The van der Waals surface area contributed by atoms with Gasteiger partial charge in [-0.1, -0.05) is 12.1 Å². The summed E-state index contributed by atoms with van der Waals surface area (Å²) in [4.78, 5) is 24.8. The molecule has 1 aliphatic rings. The number of pyridine rings is 1. The summed E-state index contributed by atoms with van der Waals surface area (Å²) >= 11 is 0. The van der Waals surface area contributed by atoms with Gasteiger partial charge in [-0.3, -0.25) is 9.59 Å². The molecule has 0 atom stereocenters. The van der Waals surface area contributed by atoms with Crippen molar-refractivity contribution in [2.75, 3.05) is 6.54 Å². The van der Waals surface area contributed by atoms with E-state index in [0.29, 0.717) is 34.5 Å². The van der Waals surface area contributed by atoms with Gasteiger partial charge in [0, 0.05) is 36.8 Å². The lowest BCUT2D eigenvalue weighted by molar-refractivity contribution is 0.0979. The average Bonchev–Trinajstić information content (AvgIpc) is 2.51. The first-order chi connectivity index (χ1) is 10.9. The van der Waals surface area contributed by atoms with Crippen LogP contribution in [0.3, 0.4) is 0 Å². The highest BCUT2D eigenvalue weighted by Crippen LogP contribution is 2.24. The number of benzene rings is 1. The molecule has 4 nitrogen and oxygen atoms in total. The summed E-state index contributed by atoms with van der Waals surface area (Å²) in [7, 11) is 1.67. The number of carbonyl (C=O) groups is 1. The minimum Gasteiger partial charge on any atom is -0.313 e. The molecule has 1 aromatic heterocycles. The number of fused-ring (bicyclic) bond motifs is 1. The number of aromatic nitrogens is 1. The fourth-order valence-electron chi connectivity index (χ4n) is 3.16. The van der Waals surface area contributed by atoms with Gasteiger partial charge in [-0.25, -0.2) is 4.39 Å². The third-order valence-electron chi connectivity index (χ3n) is 4.51. The van der Waals surface area contributed by atoms with Gasteiger partial charge in [0.25, 0.3) is 5.56 Å². The van der Waals surface area contributed by atoms with Crippen LogP contribution in [0.1, 0.15) is 38.3 Å². The topological polar surface area (TPSA) is 51.1 Å². The van der Waals surface area contributed by atoms with E-state index in [1.54, 1.807) is 20.0 Å². The second-order valence-corrected chi connectivity index (χ2v) is 6.09. The summed E-state index contributed by atoms with van der Waals surface area (Å²) in [6.45, 7) is 4.25. The number of hydrogen-bond donors (Lipinski definition) is 1. The first kappa shape index (κ1) is 15.6. The Hall–Kier alpha value is -2.27. The Morgan fingerprint density at radius 2 is 1.96 bits per heavy atom. The SMILES string of the molecule is Cc1ccc(Cc2c3c(n(C)c(=O)c2C)CNCC3=O)c(F)c1. The highest BCUT2D eigenvalue weighted by molar-refractivity contribution is 6.01. The number of nitrogens with zero attached hydrogens (tertiary/aromatic N) is 1. The van der Waals surface area contributed by atoms with Gasteiger partial charge in [-0.05, 0) is 36.6 Å². The monoisotopic (exact) mass is 314 g/mol. The minimum atomic E-state index is -0.305. The van der Waals surface area contributed by atoms with Crippen LogP contribution in [0.25, 0.3) is 0 Å². The average molecular weight is 314 g/mol. The number of Topliss-reactive ketones (excluding diaryl/α,β-unsaturated/α-hetero) is 1. The van der Waals surface area contributed by atoms with E-state index < -0.39 is 0 Å². The van der Waals surface area contributed by atoms with Crippen LogP contribution in [0.5, 0.6) is 0 Å². The molecule has 0 spiro atoms. The molecule has 0 amide bonds. The molecule has 1 aliphatic heterocycles. The smallest absolute Gasteiger partial charge is 0.253 e. The van der Waals surface area contributed by atoms with Crippen molar-refractivity contribution in [1.82, 2.24) is 9.88 Å². The Morgan fingerprint density at radius 3 is 2.65 bits per heavy atom. The van der Waals surface area contributed by atoms with Gasteiger partial charge in [-0.2, -0.15) is 0 Å². The molecule has 2 aromatic rings. The number of halogens is 1. The second-order valence-electron chi connectivity index (χ2n) is 6.09. The summed E-state index contributed by atoms with van der Waals surface area (Å²) < 4.78 is 15.7. The van der Waals surface area contributed by atoms with E-state index in [2.05, 4.69) is 5.32 Å². The summed E-state index contributed by atoms with van der Waals surface area (Å²) in [6.07, 6.45) is 0.252. The molecule has 1 N–H and O–H groups in total. The van der Waals surface area contributed by atoms with Crippen molar-refractivity contribution in [2.24, 2.45) is 7.05 Å². The Morgan fingerprint density at radius 1 is 1.22 bits per heavy atom. The zero-order chi connectivity index (χ0) is 16.7.